The number of allylic oxidation sites excluding steroid dienone is 2. The van der Waals surface area contributed by atoms with Crippen LogP contribution in [0.4, 0.5) is 0 Å². The van der Waals surface area contributed by atoms with E-state index < -0.39 is 5.41 Å². The molecule has 0 atom stereocenters. The van der Waals surface area contributed by atoms with Crippen LogP contribution in [0.3, 0.4) is 0 Å². The van der Waals surface area contributed by atoms with Crippen molar-refractivity contribution in [2.45, 2.75) is 40.0 Å². The van der Waals surface area contributed by atoms with E-state index in [1.807, 2.05) is 26.0 Å². The number of hydrogen-bond acceptors (Lipinski definition) is 2. The third-order valence-electron chi connectivity index (χ3n) is 3.52. The lowest BCUT2D eigenvalue weighted by atomic mass is 9.73. The second-order valence-electron chi connectivity index (χ2n) is 4.56. The van der Waals surface area contributed by atoms with Crippen molar-refractivity contribution in [2.24, 2.45) is 5.41 Å². The molecule has 2 nitrogen and oxygen atoms in total. The Balaban J connectivity index is 2.93. The van der Waals surface area contributed by atoms with Crippen LogP contribution in [0.1, 0.15) is 40.0 Å². The predicted octanol–water partition coefficient (Wildman–Crippen LogP) is 3.28. The minimum Gasteiger partial charge on any atom is -0.383 e. The Bertz CT molecular complexity index is 306. The molecular weight excluding hydrogens is 200 g/mol. The molecule has 0 heterocycles. The summed E-state index contributed by atoms with van der Waals surface area (Å²) < 4.78 is 5.27. The molecule has 0 aromatic carbocycles. The molecule has 0 aromatic rings. The first-order valence-electron chi connectivity index (χ1n) is 5.98. The number of carbonyl (C=O) groups excluding carboxylic acids is 1. The zero-order valence-corrected chi connectivity index (χ0v) is 10.8. The first kappa shape index (κ1) is 13.2. The van der Waals surface area contributed by atoms with Crippen LogP contribution in [-0.4, -0.2) is 19.5 Å². The average Bonchev–Trinajstić information content (AvgIpc) is 2.55. The van der Waals surface area contributed by atoms with E-state index in [1.165, 1.54) is 0 Å². The molecule has 0 saturated heterocycles. The van der Waals surface area contributed by atoms with E-state index in [4.69, 9.17) is 4.74 Å². The van der Waals surface area contributed by atoms with Gasteiger partial charge in [0.05, 0.1) is 12.0 Å². The molecule has 1 aliphatic rings. The molecule has 0 aromatic heterocycles. The highest BCUT2D eigenvalue weighted by Gasteiger charge is 2.42. The maximum absolute atomic E-state index is 12.4. The van der Waals surface area contributed by atoms with Gasteiger partial charge in [0.2, 0.25) is 0 Å². The quantitative estimate of drug-likeness (QED) is 0.689. The summed E-state index contributed by atoms with van der Waals surface area (Å²) in [5.41, 5.74) is 1.77. The molecule has 0 amide bonds. The van der Waals surface area contributed by atoms with Gasteiger partial charge in [0, 0.05) is 13.5 Å². The maximum atomic E-state index is 12.4. The lowest BCUT2D eigenvalue weighted by Crippen LogP contribution is -2.36. The Kier molecular flexibility index (Phi) is 4.48. The summed E-state index contributed by atoms with van der Waals surface area (Å²) in [7, 11) is 1.66. The van der Waals surface area contributed by atoms with Gasteiger partial charge in [-0.15, -0.1) is 0 Å². The molecule has 0 N–H and O–H groups in total. The van der Waals surface area contributed by atoms with Gasteiger partial charge in [-0.3, -0.25) is 4.79 Å². The van der Waals surface area contributed by atoms with Crippen molar-refractivity contribution < 1.29 is 9.53 Å². The van der Waals surface area contributed by atoms with Gasteiger partial charge in [0.15, 0.2) is 0 Å². The molecule has 0 spiro atoms. The second-order valence-corrected chi connectivity index (χ2v) is 4.56. The lowest BCUT2D eigenvalue weighted by molar-refractivity contribution is -0.127. The molecule has 2 heteroatoms. The Morgan fingerprint density at radius 1 is 1.31 bits per heavy atom. The highest BCUT2D eigenvalue weighted by molar-refractivity contribution is 5.92. The molecule has 0 aliphatic heterocycles. The molecule has 0 radical (unpaired) electrons. The second kappa shape index (κ2) is 5.44. The van der Waals surface area contributed by atoms with E-state index in [-0.39, 0.29) is 0 Å². The summed E-state index contributed by atoms with van der Waals surface area (Å²) in [5, 5.41) is 0. The third-order valence-corrected chi connectivity index (χ3v) is 3.52. The van der Waals surface area contributed by atoms with Gasteiger partial charge < -0.3 is 4.74 Å². The standard InChI is InChI=1S/C14H22O2/c1-5-6-7-13(15)14(10-16-4)11(2)8-9-12(14)3/h8-9H,5-7,10H2,1-4H3. The first-order valence-corrected chi connectivity index (χ1v) is 5.98. The van der Waals surface area contributed by atoms with Crippen LogP contribution in [0.5, 0.6) is 0 Å². The summed E-state index contributed by atoms with van der Waals surface area (Å²) in [6.07, 6.45) is 6.75. The van der Waals surface area contributed by atoms with Crippen molar-refractivity contribution in [1.29, 1.82) is 0 Å². The van der Waals surface area contributed by atoms with Gasteiger partial charge in [-0.2, -0.15) is 0 Å². The van der Waals surface area contributed by atoms with Crippen molar-refractivity contribution in [1.82, 2.24) is 0 Å². The zero-order valence-electron chi connectivity index (χ0n) is 10.8. The lowest BCUT2D eigenvalue weighted by Gasteiger charge is -2.31. The number of ether oxygens (including phenoxy) is 1. The van der Waals surface area contributed by atoms with Crippen molar-refractivity contribution >= 4 is 5.78 Å². The largest absolute Gasteiger partial charge is 0.383 e. The minimum absolute atomic E-state index is 0.302. The number of carbonyl (C=O) groups is 1. The van der Waals surface area contributed by atoms with Crippen molar-refractivity contribution in [3.8, 4) is 0 Å². The summed E-state index contributed by atoms with van der Waals surface area (Å²) in [4.78, 5) is 12.4. The topological polar surface area (TPSA) is 26.3 Å². The molecule has 16 heavy (non-hydrogen) atoms. The van der Waals surface area contributed by atoms with Crippen LogP contribution < -0.4 is 0 Å². The molecule has 0 saturated carbocycles. The number of rotatable bonds is 6. The Labute approximate surface area is 98.4 Å². The molecule has 0 unspecified atom stereocenters. The zero-order chi connectivity index (χ0) is 12.2. The molecule has 1 aliphatic carbocycles. The number of Topliss-reactive ketones (excluding diaryl/α,β-unsaturated/α-hetero) is 1. The predicted molar refractivity (Wildman–Crippen MR) is 66.4 cm³/mol. The highest BCUT2D eigenvalue weighted by Crippen LogP contribution is 2.42. The van der Waals surface area contributed by atoms with E-state index in [0.717, 1.165) is 24.0 Å². The Hall–Kier alpha value is -0.890. The fourth-order valence-corrected chi connectivity index (χ4v) is 2.36. The third kappa shape index (κ3) is 2.12. The van der Waals surface area contributed by atoms with Crippen LogP contribution in [0.15, 0.2) is 23.3 Å². The van der Waals surface area contributed by atoms with Gasteiger partial charge in [-0.05, 0) is 20.3 Å². The van der Waals surface area contributed by atoms with E-state index in [9.17, 15) is 4.79 Å². The number of unbranched alkanes of at least 4 members (excludes halogenated alkanes) is 1. The van der Waals surface area contributed by atoms with E-state index in [1.54, 1.807) is 7.11 Å². The molecule has 90 valence electrons. The Morgan fingerprint density at radius 2 is 1.88 bits per heavy atom. The van der Waals surface area contributed by atoms with E-state index >= 15 is 0 Å². The number of methoxy groups -OCH3 is 1. The first-order chi connectivity index (χ1) is 7.59. The van der Waals surface area contributed by atoms with Gasteiger partial charge in [-0.1, -0.05) is 36.6 Å². The molecule has 1 rings (SSSR count). The number of ketones is 1. The van der Waals surface area contributed by atoms with Crippen LogP contribution in [0.25, 0.3) is 0 Å². The summed E-state index contributed by atoms with van der Waals surface area (Å²) >= 11 is 0. The maximum Gasteiger partial charge on any atom is 0.149 e. The fourth-order valence-electron chi connectivity index (χ4n) is 2.36. The smallest absolute Gasteiger partial charge is 0.149 e. The average molecular weight is 222 g/mol. The van der Waals surface area contributed by atoms with Crippen molar-refractivity contribution in [3.05, 3.63) is 23.3 Å². The van der Waals surface area contributed by atoms with Crippen LogP contribution in [0.2, 0.25) is 0 Å². The van der Waals surface area contributed by atoms with Crippen LogP contribution >= 0.6 is 0 Å². The van der Waals surface area contributed by atoms with Gasteiger partial charge in [0.1, 0.15) is 5.78 Å². The van der Waals surface area contributed by atoms with Crippen molar-refractivity contribution in [3.63, 3.8) is 0 Å². The van der Waals surface area contributed by atoms with Crippen LogP contribution in [-0.2, 0) is 9.53 Å². The highest BCUT2D eigenvalue weighted by atomic mass is 16.5. The molecule has 0 fully saturated rings. The van der Waals surface area contributed by atoms with E-state index in [0.29, 0.717) is 18.8 Å². The summed E-state index contributed by atoms with van der Waals surface area (Å²) in [6.45, 7) is 6.63. The molecule has 0 bridgehead atoms. The van der Waals surface area contributed by atoms with Gasteiger partial charge in [0.25, 0.3) is 0 Å². The fraction of sp³-hybridized carbons (Fsp3) is 0.643. The van der Waals surface area contributed by atoms with E-state index in [2.05, 4.69) is 6.92 Å². The molecular formula is C14H22O2. The van der Waals surface area contributed by atoms with Crippen molar-refractivity contribution in [2.75, 3.05) is 13.7 Å². The van der Waals surface area contributed by atoms with Gasteiger partial charge in [-0.25, -0.2) is 0 Å². The normalized spacial score (nSPS) is 18.2. The SMILES string of the molecule is CCCCC(=O)C1(COC)C(C)=CC=C1C. The monoisotopic (exact) mass is 222 g/mol. The summed E-state index contributed by atoms with van der Waals surface area (Å²) in [6, 6.07) is 0. The van der Waals surface area contributed by atoms with Gasteiger partial charge >= 0.3 is 0 Å². The van der Waals surface area contributed by atoms with Crippen LogP contribution in [0, 0.1) is 5.41 Å². The minimum atomic E-state index is -0.468. The number of hydrogen-bond donors (Lipinski definition) is 0. The summed E-state index contributed by atoms with van der Waals surface area (Å²) in [5.74, 6) is 0.302. The Morgan fingerprint density at radius 3 is 2.31 bits per heavy atom.